The summed E-state index contributed by atoms with van der Waals surface area (Å²) in [6, 6.07) is 3.50. The minimum atomic E-state index is -0.907. The molecule has 0 aromatic heterocycles. The van der Waals surface area contributed by atoms with Crippen molar-refractivity contribution in [1.82, 2.24) is 10.6 Å². The van der Waals surface area contributed by atoms with Crippen LogP contribution in [0.15, 0.2) is 23.2 Å². The molecule has 1 saturated heterocycles. The zero-order chi connectivity index (χ0) is 16.7. The maximum atomic E-state index is 13.1. The van der Waals surface area contributed by atoms with Gasteiger partial charge in [-0.15, -0.1) is 0 Å². The third-order valence-electron chi connectivity index (χ3n) is 3.71. The molecule has 0 aliphatic carbocycles. The number of hydrogen-bond donors (Lipinski definition) is 2. The van der Waals surface area contributed by atoms with Crippen LogP contribution in [-0.4, -0.2) is 43.2 Å². The molecule has 23 heavy (non-hydrogen) atoms. The topological polar surface area (TPSA) is 45.7 Å². The van der Waals surface area contributed by atoms with E-state index >= 15 is 0 Å². The number of guanidine groups is 1. The molecule has 7 heteroatoms. The lowest BCUT2D eigenvalue weighted by Crippen LogP contribution is -2.44. The smallest absolute Gasteiger partial charge is 0.191 e. The van der Waals surface area contributed by atoms with Crippen LogP contribution in [0.25, 0.3) is 0 Å². The van der Waals surface area contributed by atoms with E-state index in [1.807, 2.05) is 11.8 Å². The van der Waals surface area contributed by atoms with Gasteiger partial charge in [0, 0.05) is 24.4 Å². The lowest BCUT2D eigenvalue weighted by molar-refractivity contribution is 0.318. The van der Waals surface area contributed by atoms with Crippen molar-refractivity contribution in [1.29, 1.82) is 0 Å². The minimum Gasteiger partial charge on any atom is -0.492 e. The van der Waals surface area contributed by atoms with Crippen LogP contribution in [0.3, 0.4) is 0 Å². The normalized spacial score (nSPS) is 21.3. The van der Waals surface area contributed by atoms with Crippen molar-refractivity contribution in [2.75, 3.05) is 32.5 Å². The van der Waals surface area contributed by atoms with Crippen LogP contribution in [0.2, 0.25) is 0 Å². The van der Waals surface area contributed by atoms with Gasteiger partial charge < -0.3 is 15.4 Å². The molecule has 1 aliphatic heterocycles. The molecular weight excluding hydrogens is 320 g/mol. The van der Waals surface area contributed by atoms with Crippen LogP contribution < -0.4 is 15.4 Å². The van der Waals surface area contributed by atoms with Crippen LogP contribution in [0, 0.1) is 11.6 Å². The Hall–Kier alpha value is -1.50. The SMILES string of the molecule is CN=C(NCCOc1ccc(F)c(F)c1)NCC1(C)CCCS1. The highest BCUT2D eigenvalue weighted by Crippen LogP contribution is 2.36. The first-order chi connectivity index (χ1) is 11.0. The molecule has 1 aliphatic rings. The van der Waals surface area contributed by atoms with Gasteiger partial charge >= 0.3 is 0 Å². The quantitative estimate of drug-likeness (QED) is 0.474. The number of halogens is 2. The summed E-state index contributed by atoms with van der Waals surface area (Å²) < 4.78 is 31.5. The van der Waals surface area contributed by atoms with Crippen molar-refractivity contribution < 1.29 is 13.5 Å². The summed E-state index contributed by atoms with van der Waals surface area (Å²) in [7, 11) is 1.72. The van der Waals surface area contributed by atoms with E-state index in [0.717, 1.165) is 18.7 Å². The highest BCUT2D eigenvalue weighted by atomic mass is 32.2. The lowest BCUT2D eigenvalue weighted by Gasteiger charge is -2.24. The fourth-order valence-electron chi connectivity index (χ4n) is 2.37. The Bertz CT molecular complexity index is 548. The highest BCUT2D eigenvalue weighted by molar-refractivity contribution is 8.00. The number of ether oxygens (including phenoxy) is 1. The molecule has 0 amide bonds. The summed E-state index contributed by atoms with van der Waals surface area (Å²) in [5.41, 5.74) is 0. The summed E-state index contributed by atoms with van der Waals surface area (Å²) >= 11 is 1.99. The summed E-state index contributed by atoms with van der Waals surface area (Å²) in [5, 5.41) is 6.46. The van der Waals surface area contributed by atoms with Crippen molar-refractivity contribution >= 4 is 17.7 Å². The van der Waals surface area contributed by atoms with E-state index in [2.05, 4.69) is 22.5 Å². The maximum Gasteiger partial charge on any atom is 0.191 e. The second-order valence-electron chi connectivity index (χ2n) is 5.68. The first kappa shape index (κ1) is 17.8. The predicted molar refractivity (Wildman–Crippen MR) is 91.3 cm³/mol. The summed E-state index contributed by atoms with van der Waals surface area (Å²) in [6.45, 7) is 3.97. The Labute approximate surface area is 140 Å². The van der Waals surface area contributed by atoms with Crippen LogP contribution >= 0.6 is 11.8 Å². The van der Waals surface area contributed by atoms with Crippen molar-refractivity contribution in [3.05, 3.63) is 29.8 Å². The molecule has 128 valence electrons. The average molecular weight is 343 g/mol. The predicted octanol–water partition coefficient (Wildman–Crippen LogP) is 2.79. The van der Waals surface area contributed by atoms with Crippen molar-refractivity contribution in [2.45, 2.75) is 24.5 Å². The van der Waals surface area contributed by atoms with Gasteiger partial charge in [-0.3, -0.25) is 4.99 Å². The molecule has 1 aromatic carbocycles. The standard InChI is InChI=1S/C16H23F2N3OS/c1-16(6-3-9-23-16)11-21-15(19-2)20-7-8-22-12-4-5-13(17)14(18)10-12/h4-5,10H,3,6-9,11H2,1-2H3,(H2,19,20,21). The zero-order valence-corrected chi connectivity index (χ0v) is 14.3. The summed E-state index contributed by atoms with van der Waals surface area (Å²) in [5.74, 6) is 0.455. The monoisotopic (exact) mass is 343 g/mol. The van der Waals surface area contributed by atoms with Gasteiger partial charge in [-0.05, 0) is 37.7 Å². The van der Waals surface area contributed by atoms with Crippen LogP contribution in [0.4, 0.5) is 8.78 Å². The molecule has 0 radical (unpaired) electrons. The van der Waals surface area contributed by atoms with Crippen LogP contribution in [0.5, 0.6) is 5.75 Å². The zero-order valence-electron chi connectivity index (χ0n) is 13.5. The Morgan fingerprint density at radius 1 is 1.35 bits per heavy atom. The average Bonchev–Trinajstić information content (AvgIpc) is 2.97. The number of rotatable bonds is 6. The maximum absolute atomic E-state index is 13.1. The third-order valence-corrected chi connectivity index (χ3v) is 5.25. The first-order valence-corrected chi connectivity index (χ1v) is 8.67. The molecule has 0 spiro atoms. The Kier molecular flexibility index (Phi) is 6.50. The van der Waals surface area contributed by atoms with E-state index in [-0.39, 0.29) is 4.75 Å². The van der Waals surface area contributed by atoms with Gasteiger partial charge in [0.2, 0.25) is 0 Å². The molecule has 0 saturated carbocycles. The highest BCUT2D eigenvalue weighted by Gasteiger charge is 2.29. The Morgan fingerprint density at radius 2 is 2.17 bits per heavy atom. The summed E-state index contributed by atoms with van der Waals surface area (Å²) in [4.78, 5) is 4.17. The van der Waals surface area contributed by atoms with E-state index < -0.39 is 11.6 Å². The molecule has 1 unspecified atom stereocenters. The molecule has 2 N–H and O–H groups in total. The van der Waals surface area contributed by atoms with Gasteiger partial charge in [-0.25, -0.2) is 8.78 Å². The van der Waals surface area contributed by atoms with E-state index in [1.165, 1.54) is 24.7 Å². The van der Waals surface area contributed by atoms with Crippen molar-refractivity contribution in [2.24, 2.45) is 4.99 Å². The Balaban J connectivity index is 1.68. The molecule has 1 aromatic rings. The molecular formula is C16H23F2N3OS. The Morgan fingerprint density at radius 3 is 2.83 bits per heavy atom. The number of nitrogens with one attached hydrogen (secondary N) is 2. The molecule has 1 atom stereocenters. The summed E-state index contributed by atoms with van der Waals surface area (Å²) in [6.07, 6.45) is 2.47. The first-order valence-electron chi connectivity index (χ1n) is 7.69. The second kappa shape index (κ2) is 8.38. The lowest BCUT2D eigenvalue weighted by atomic mass is 10.1. The minimum absolute atomic E-state index is 0.264. The van der Waals surface area contributed by atoms with E-state index in [1.54, 1.807) is 7.05 Å². The molecule has 2 rings (SSSR count). The number of nitrogens with zero attached hydrogens (tertiary/aromatic N) is 1. The van der Waals surface area contributed by atoms with Crippen molar-refractivity contribution in [3.8, 4) is 5.75 Å². The van der Waals surface area contributed by atoms with Crippen LogP contribution in [-0.2, 0) is 0 Å². The third kappa shape index (κ3) is 5.57. The van der Waals surface area contributed by atoms with Gasteiger partial charge in [0.15, 0.2) is 17.6 Å². The largest absolute Gasteiger partial charge is 0.492 e. The number of hydrogen-bond acceptors (Lipinski definition) is 3. The van der Waals surface area contributed by atoms with E-state index in [9.17, 15) is 8.78 Å². The number of aliphatic imine (C=N–C) groups is 1. The van der Waals surface area contributed by atoms with Gasteiger partial charge in [0.1, 0.15) is 12.4 Å². The number of thioether (sulfide) groups is 1. The van der Waals surface area contributed by atoms with Gasteiger partial charge in [0.25, 0.3) is 0 Å². The molecule has 1 fully saturated rings. The van der Waals surface area contributed by atoms with E-state index in [0.29, 0.717) is 24.9 Å². The fraction of sp³-hybridized carbons (Fsp3) is 0.562. The molecule has 1 heterocycles. The van der Waals surface area contributed by atoms with Gasteiger partial charge in [-0.2, -0.15) is 11.8 Å². The molecule has 0 bridgehead atoms. The van der Waals surface area contributed by atoms with E-state index in [4.69, 9.17) is 4.74 Å². The van der Waals surface area contributed by atoms with Crippen molar-refractivity contribution in [3.63, 3.8) is 0 Å². The fourth-order valence-corrected chi connectivity index (χ4v) is 3.62. The van der Waals surface area contributed by atoms with Gasteiger partial charge in [0.05, 0.1) is 6.54 Å². The second-order valence-corrected chi connectivity index (χ2v) is 7.36. The van der Waals surface area contributed by atoms with Crippen LogP contribution in [0.1, 0.15) is 19.8 Å². The molecule has 4 nitrogen and oxygen atoms in total. The van der Waals surface area contributed by atoms with Gasteiger partial charge in [-0.1, -0.05) is 0 Å². The number of benzene rings is 1.